The molecule has 1 fully saturated rings. The summed E-state index contributed by atoms with van der Waals surface area (Å²) in [6.45, 7) is 6.94. The summed E-state index contributed by atoms with van der Waals surface area (Å²) >= 11 is 11.8. The third kappa shape index (κ3) is 5.28. The summed E-state index contributed by atoms with van der Waals surface area (Å²) in [6.07, 6.45) is 3.25. The predicted octanol–water partition coefficient (Wildman–Crippen LogP) is 6.16. The van der Waals surface area contributed by atoms with Gasteiger partial charge in [0.05, 0.1) is 28.4 Å². The number of nitrogens with one attached hydrogen (secondary N) is 1. The smallest absolute Gasteiger partial charge is 0.249 e. The van der Waals surface area contributed by atoms with Crippen LogP contribution in [0.25, 0.3) is 10.9 Å². The summed E-state index contributed by atoms with van der Waals surface area (Å²) in [4.78, 5) is 22.8. The normalized spacial score (nSPS) is 14.1. The molecule has 3 aromatic rings. The van der Waals surface area contributed by atoms with Crippen LogP contribution in [-0.4, -0.2) is 47.1 Å². The third-order valence-corrected chi connectivity index (χ3v) is 6.74. The number of hydrogen-bond acceptors (Lipinski definition) is 6. The summed E-state index contributed by atoms with van der Waals surface area (Å²) in [5, 5.41) is 3.53. The summed E-state index contributed by atoms with van der Waals surface area (Å²) in [6, 6.07) is 6.50. The molecule has 1 aliphatic rings. The van der Waals surface area contributed by atoms with Crippen molar-refractivity contribution in [3.8, 4) is 11.5 Å². The van der Waals surface area contributed by atoms with E-state index in [4.69, 9.17) is 32.7 Å². The van der Waals surface area contributed by atoms with Crippen molar-refractivity contribution in [1.29, 1.82) is 0 Å². The summed E-state index contributed by atoms with van der Waals surface area (Å²) < 4.78 is 26.4. The molecule has 1 N–H and O–H groups in total. The number of benzene rings is 2. The van der Waals surface area contributed by atoms with Crippen molar-refractivity contribution >= 4 is 51.5 Å². The van der Waals surface area contributed by atoms with Gasteiger partial charge in [-0.15, -0.1) is 0 Å². The van der Waals surface area contributed by atoms with Crippen LogP contribution in [0.5, 0.6) is 11.5 Å². The zero-order valence-corrected chi connectivity index (χ0v) is 20.9. The van der Waals surface area contributed by atoms with Gasteiger partial charge in [0.1, 0.15) is 18.2 Å². The van der Waals surface area contributed by atoms with E-state index in [0.717, 1.165) is 0 Å². The number of methoxy groups -OCH3 is 1. The van der Waals surface area contributed by atoms with Crippen molar-refractivity contribution in [3.05, 3.63) is 58.6 Å². The Morgan fingerprint density at radius 2 is 1.97 bits per heavy atom. The van der Waals surface area contributed by atoms with Crippen molar-refractivity contribution in [2.45, 2.75) is 32.3 Å². The molecule has 1 saturated heterocycles. The number of amides is 1. The van der Waals surface area contributed by atoms with Gasteiger partial charge >= 0.3 is 0 Å². The molecule has 0 spiro atoms. The quantitative estimate of drug-likeness (QED) is 0.298. The topological polar surface area (TPSA) is 76.6 Å². The first-order valence-electron chi connectivity index (χ1n) is 11.2. The van der Waals surface area contributed by atoms with Crippen LogP contribution in [0.2, 0.25) is 10.0 Å². The van der Waals surface area contributed by atoms with Gasteiger partial charge in [-0.3, -0.25) is 4.79 Å². The maximum absolute atomic E-state index is 14.6. The lowest BCUT2D eigenvalue weighted by molar-refractivity contribution is -0.129. The van der Waals surface area contributed by atoms with Crippen LogP contribution in [0.1, 0.15) is 26.2 Å². The molecular weight excluding hydrogens is 494 g/mol. The van der Waals surface area contributed by atoms with E-state index < -0.39 is 5.82 Å². The number of piperidine rings is 1. The van der Waals surface area contributed by atoms with Gasteiger partial charge in [0.25, 0.3) is 0 Å². The highest BCUT2D eigenvalue weighted by Gasteiger charge is 2.26. The molecule has 1 amide bonds. The molecule has 1 aliphatic heterocycles. The van der Waals surface area contributed by atoms with E-state index in [-0.39, 0.29) is 27.7 Å². The lowest BCUT2D eigenvalue weighted by Crippen LogP contribution is -2.42. The molecule has 10 heteroatoms. The Hall–Kier alpha value is -3.10. The summed E-state index contributed by atoms with van der Waals surface area (Å²) in [7, 11) is 1.55. The number of fused-ring (bicyclic) bond motifs is 1. The van der Waals surface area contributed by atoms with Gasteiger partial charge in [-0.25, -0.2) is 14.4 Å². The monoisotopic (exact) mass is 518 g/mol. The fraction of sp³-hybridized carbons (Fsp3) is 0.320. The number of likely N-dealkylation sites (tertiary alicyclic amines) is 1. The van der Waals surface area contributed by atoms with Crippen LogP contribution >= 0.6 is 23.2 Å². The number of halogens is 3. The van der Waals surface area contributed by atoms with Crippen LogP contribution in [0.3, 0.4) is 0 Å². The highest BCUT2D eigenvalue weighted by atomic mass is 35.5. The van der Waals surface area contributed by atoms with Crippen molar-refractivity contribution in [3.63, 3.8) is 0 Å². The molecule has 184 valence electrons. The fourth-order valence-electron chi connectivity index (χ4n) is 3.90. The van der Waals surface area contributed by atoms with Crippen molar-refractivity contribution in [2.24, 2.45) is 0 Å². The van der Waals surface area contributed by atoms with Gasteiger partial charge in [-0.2, -0.15) is 0 Å². The van der Waals surface area contributed by atoms with Gasteiger partial charge in [-0.05, 0) is 24.6 Å². The fourth-order valence-corrected chi connectivity index (χ4v) is 4.21. The second-order valence-corrected chi connectivity index (χ2v) is 8.94. The van der Waals surface area contributed by atoms with Gasteiger partial charge in [0, 0.05) is 43.0 Å². The SMILES string of the molecule is C=C(CC)C(=O)N1CCC(Oc2cc3c(Nc4ccc(Cl)c(Cl)c4F)ncnc3cc2OC)CC1. The molecule has 35 heavy (non-hydrogen) atoms. The van der Waals surface area contributed by atoms with Gasteiger partial charge in [-0.1, -0.05) is 36.7 Å². The molecule has 0 unspecified atom stereocenters. The van der Waals surface area contributed by atoms with Crippen LogP contribution in [0, 0.1) is 5.82 Å². The van der Waals surface area contributed by atoms with Crippen LogP contribution < -0.4 is 14.8 Å². The highest BCUT2D eigenvalue weighted by molar-refractivity contribution is 6.42. The van der Waals surface area contributed by atoms with E-state index in [2.05, 4.69) is 21.9 Å². The molecule has 0 radical (unpaired) electrons. The first-order valence-corrected chi connectivity index (χ1v) is 11.9. The van der Waals surface area contributed by atoms with Crippen LogP contribution in [-0.2, 0) is 4.79 Å². The molecular formula is C25H25Cl2FN4O3. The van der Waals surface area contributed by atoms with E-state index in [1.54, 1.807) is 19.2 Å². The molecule has 2 heterocycles. The second kappa shape index (κ2) is 10.7. The average Bonchev–Trinajstić information content (AvgIpc) is 2.88. The Morgan fingerprint density at radius 3 is 2.66 bits per heavy atom. The van der Waals surface area contributed by atoms with Crippen molar-refractivity contribution in [2.75, 3.05) is 25.5 Å². The Kier molecular flexibility index (Phi) is 7.62. The number of nitrogens with zero attached hydrogens (tertiary/aromatic N) is 3. The van der Waals surface area contributed by atoms with Gasteiger partial charge in [0.2, 0.25) is 5.91 Å². The highest BCUT2D eigenvalue weighted by Crippen LogP contribution is 2.37. The first kappa shape index (κ1) is 25.0. The predicted molar refractivity (Wildman–Crippen MR) is 135 cm³/mol. The molecule has 4 rings (SSSR count). The number of rotatable bonds is 7. The third-order valence-electron chi connectivity index (χ3n) is 5.96. The number of hydrogen-bond donors (Lipinski definition) is 1. The maximum Gasteiger partial charge on any atom is 0.249 e. The van der Waals surface area contributed by atoms with Crippen molar-refractivity contribution in [1.82, 2.24) is 14.9 Å². The number of anilines is 2. The van der Waals surface area contributed by atoms with Crippen LogP contribution in [0.15, 0.2) is 42.7 Å². The molecule has 0 saturated carbocycles. The minimum Gasteiger partial charge on any atom is -0.493 e. The zero-order chi connectivity index (χ0) is 25.1. The Morgan fingerprint density at radius 1 is 1.23 bits per heavy atom. The number of ether oxygens (including phenoxy) is 2. The minimum atomic E-state index is -0.678. The molecule has 0 aliphatic carbocycles. The van der Waals surface area contributed by atoms with Crippen LogP contribution in [0.4, 0.5) is 15.9 Å². The maximum atomic E-state index is 14.6. The van der Waals surface area contributed by atoms with Gasteiger partial charge in [0.15, 0.2) is 17.3 Å². The molecule has 0 atom stereocenters. The zero-order valence-electron chi connectivity index (χ0n) is 19.4. The number of carbonyl (C=O) groups is 1. The molecule has 1 aromatic heterocycles. The second-order valence-electron chi connectivity index (χ2n) is 8.16. The van der Waals surface area contributed by atoms with Crippen molar-refractivity contribution < 1.29 is 18.7 Å². The van der Waals surface area contributed by atoms with E-state index in [1.807, 2.05) is 11.8 Å². The largest absolute Gasteiger partial charge is 0.493 e. The standard InChI is InChI=1S/C25H25Cl2FN4O3/c1-4-14(2)25(33)32-9-7-15(8-10-32)35-21-11-16-19(12-20(21)34-3)29-13-30-24(16)31-18-6-5-17(26)22(27)23(18)28/h5-6,11-13,15H,2,4,7-10H2,1,3H3,(H,29,30,31). The first-order chi connectivity index (χ1) is 16.8. The molecule has 2 aromatic carbocycles. The molecule has 7 nitrogen and oxygen atoms in total. The Balaban J connectivity index is 1.58. The Labute approximate surface area is 212 Å². The summed E-state index contributed by atoms with van der Waals surface area (Å²) in [5.74, 6) is 0.717. The van der Waals surface area contributed by atoms with E-state index in [1.165, 1.54) is 18.5 Å². The lowest BCUT2D eigenvalue weighted by atomic mass is 10.1. The van der Waals surface area contributed by atoms with E-state index >= 15 is 0 Å². The summed E-state index contributed by atoms with van der Waals surface area (Å²) in [5.41, 5.74) is 1.33. The molecule has 0 bridgehead atoms. The van der Waals surface area contributed by atoms with E-state index in [0.29, 0.717) is 66.1 Å². The minimum absolute atomic E-state index is 0.00312. The number of carbonyl (C=O) groups excluding carboxylic acids is 1. The Bertz CT molecular complexity index is 1280. The lowest BCUT2D eigenvalue weighted by Gasteiger charge is -2.32. The van der Waals surface area contributed by atoms with Gasteiger partial charge < -0.3 is 19.7 Å². The van der Waals surface area contributed by atoms with E-state index in [9.17, 15) is 9.18 Å². The average molecular weight is 519 g/mol. The number of aromatic nitrogens is 2.